The van der Waals surface area contributed by atoms with E-state index < -0.39 is 11.8 Å². The molecule has 0 fully saturated rings. The average molecular weight is 284 g/mol. The van der Waals surface area contributed by atoms with Gasteiger partial charge in [0.25, 0.3) is 0 Å². The van der Waals surface area contributed by atoms with E-state index in [0.717, 1.165) is 0 Å². The lowest BCUT2D eigenvalue weighted by atomic mass is 10.1. The van der Waals surface area contributed by atoms with Crippen molar-refractivity contribution in [2.24, 2.45) is 0 Å². The fourth-order valence-corrected chi connectivity index (χ4v) is 1.98. The maximum Gasteiger partial charge on any atom is 0.341 e. The lowest BCUT2D eigenvalue weighted by molar-refractivity contribution is 0.0526. The van der Waals surface area contributed by atoms with Gasteiger partial charge in [-0.2, -0.15) is 0 Å². The second-order valence-corrected chi connectivity index (χ2v) is 4.09. The average Bonchev–Trinajstić information content (AvgIpc) is 2.39. The van der Waals surface area contributed by atoms with E-state index in [1.807, 2.05) is 0 Å². The number of nitrogens with zero attached hydrogens (tertiary/aromatic N) is 1. The highest BCUT2D eigenvalue weighted by Crippen LogP contribution is 2.32. The smallest absolute Gasteiger partial charge is 0.341 e. The molecule has 0 unspecified atom stereocenters. The van der Waals surface area contributed by atoms with Crippen LogP contribution in [-0.2, 0) is 4.74 Å². The summed E-state index contributed by atoms with van der Waals surface area (Å²) >= 11 is 6.11. The highest BCUT2D eigenvalue weighted by molar-refractivity contribution is 6.38. The lowest BCUT2D eigenvalue weighted by Crippen LogP contribution is -2.06. The van der Waals surface area contributed by atoms with Gasteiger partial charge in [-0.3, -0.25) is 4.98 Å². The van der Waals surface area contributed by atoms with Crippen LogP contribution >= 0.6 is 11.6 Å². The van der Waals surface area contributed by atoms with Crippen LogP contribution in [-0.4, -0.2) is 24.7 Å². The Morgan fingerprint density at radius 2 is 2.21 bits per heavy atom. The van der Waals surface area contributed by atoms with Gasteiger partial charge < -0.3 is 9.47 Å². The van der Waals surface area contributed by atoms with Crippen LogP contribution in [0.25, 0.3) is 10.9 Å². The molecule has 0 aliphatic carbocycles. The Hall–Kier alpha value is -1.88. The van der Waals surface area contributed by atoms with E-state index in [1.54, 1.807) is 6.92 Å². The van der Waals surface area contributed by atoms with E-state index >= 15 is 0 Å². The Bertz CT molecular complexity index is 645. The first-order chi connectivity index (χ1) is 9.08. The van der Waals surface area contributed by atoms with Crippen molar-refractivity contribution in [1.29, 1.82) is 0 Å². The van der Waals surface area contributed by atoms with Crippen molar-refractivity contribution in [2.45, 2.75) is 6.92 Å². The molecule has 0 N–H and O–H groups in total. The molecule has 2 aromatic rings. The zero-order valence-electron chi connectivity index (χ0n) is 10.4. The molecule has 0 radical (unpaired) electrons. The second-order valence-electron chi connectivity index (χ2n) is 3.71. The van der Waals surface area contributed by atoms with E-state index in [-0.39, 0.29) is 22.9 Å². The fraction of sp³-hybridized carbons (Fsp3) is 0.231. The second kappa shape index (κ2) is 5.40. The van der Waals surface area contributed by atoms with E-state index in [1.165, 1.54) is 25.4 Å². The third kappa shape index (κ3) is 2.46. The standard InChI is InChI=1S/C13H11ClFNO3/c1-3-19-13(17)9-6-16-12-8(11(9)14)4-7(15)5-10(12)18-2/h4-6H,3H2,1-2H3. The molecule has 1 aromatic carbocycles. The number of hydrogen-bond acceptors (Lipinski definition) is 4. The third-order valence-electron chi connectivity index (χ3n) is 2.55. The normalized spacial score (nSPS) is 10.5. The molecule has 1 heterocycles. The molecular weight excluding hydrogens is 273 g/mol. The highest BCUT2D eigenvalue weighted by Gasteiger charge is 2.17. The number of carbonyl (C=O) groups excluding carboxylic acids is 1. The van der Waals surface area contributed by atoms with Crippen LogP contribution in [0.5, 0.6) is 5.75 Å². The summed E-state index contributed by atoms with van der Waals surface area (Å²) in [6.07, 6.45) is 1.29. The van der Waals surface area contributed by atoms with Gasteiger partial charge in [0.2, 0.25) is 0 Å². The van der Waals surface area contributed by atoms with Crippen LogP contribution < -0.4 is 4.74 Å². The van der Waals surface area contributed by atoms with Crippen molar-refractivity contribution in [3.8, 4) is 5.75 Å². The number of carbonyl (C=O) groups is 1. The SMILES string of the molecule is CCOC(=O)c1cnc2c(OC)cc(F)cc2c1Cl. The van der Waals surface area contributed by atoms with Gasteiger partial charge in [-0.25, -0.2) is 9.18 Å². The maximum absolute atomic E-state index is 13.5. The van der Waals surface area contributed by atoms with Gasteiger partial charge in [0.1, 0.15) is 17.1 Å². The molecule has 100 valence electrons. The Morgan fingerprint density at radius 1 is 1.47 bits per heavy atom. The molecule has 0 saturated heterocycles. The van der Waals surface area contributed by atoms with Crippen molar-refractivity contribution in [3.63, 3.8) is 0 Å². The van der Waals surface area contributed by atoms with Crippen LogP contribution in [0.15, 0.2) is 18.3 Å². The molecule has 0 amide bonds. The minimum Gasteiger partial charge on any atom is -0.494 e. The van der Waals surface area contributed by atoms with Gasteiger partial charge in [0.15, 0.2) is 0 Å². The van der Waals surface area contributed by atoms with Crippen molar-refractivity contribution in [3.05, 3.63) is 34.7 Å². The minimum absolute atomic E-state index is 0.0984. The zero-order chi connectivity index (χ0) is 14.0. The van der Waals surface area contributed by atoms with Crippen LogP contribution in [0.3, 0.4) is 0 Å². The first-order valence-corrected chi connectivity index (χ1v) is 5.95. The zero-order valence-corrected chi connectivity index (χ0v) is 11.1. The van der Waals surface area contributed by atoms with Gasteiger partial charge in [-0.15, -0.1) is 0 Å². The number of pyridine rings is 1. The number of benzene rings is 1. The largest absolute Gasteiger partial charge is 0.494 e. The Balaban J connectivity index is 2.68. The first kappa shape index (κ1) is 13.5. The molecule has 0 spiro atoms. The summed E-state index contributed by atoms with van der Waals surface area (Å²) in [5, 5.41) is 0.408. The van der Waals surface area contributed by atoms with E-state index in [4.69, 9.17) is 21.1 Å². The monoisotopic (exact) mass is 283 g/mol. The molecule has 0 atom stereocenters. The number of aromatic nitrogens is 1. The molecule has 6 heteroatoms. The molecular formula is C13H11ClFNO3. The lowest BCUT2D eigenvalue weighted by Gasteiger charge is -2.09. The minimum atomic E-state index is -0.592. The number of ether oxygens (including phenoxy) is 2. The summed E-state index contributed by atoms with van der Waals surface area (Å²) in [5.74, 6) is -0.855. The van der Waals surface area contributed by atoms with Crippen molar-refractivity contribution < 1.29 is 18.7 Å². The molecule has 0 aliphatic heterocycles. The molecule has 1 aromatic heterocycles. The number of esters is 1. The van der Waals surface area contributed by atoms with Crippen LogP contribution in [0, 0.1) is 5.82 Å². The third-order valence-corrected chi connectivity index (χ3v) is 2.96. The van der Waals surface area contributed by atoms with E-state index in [2.05, 4.69) is 4.98 Å². The van der Waals surface area contributed by atoms with Crippen LogP contribution in [0.2, 0.25) is 5.02 Å². The summed E-state index contributed by atoms with van der Waals surface area (Å²) in [6, 6.07) is 2.41. The molecule has 0 saturated carbocycles. The Labute approximate surface area is 114 Å². The Kier molecular flexibility index (Phi) is 3.85. The van der Waals surface area contributed by atoms with Gasteiger partial charge in [0, 0.05) is 17.6 Å². The van der Waals surface area contributed by atoms with Crippen molar-refractivity contribution in [2.75, 3.05) is 13.7 Å². The molecule has 19 heavy (non-hydrogen) atoms. The quantitative estimate of drug-likeness (QED) is 0.812. The predicted molar refractivity (Wildman–Crippen MR) is 69.2 cm³/mol. The van der Waals surface area contributed by atoms with Gasteiger partial charge in [-0.1, -0.05) is 11.6 Å². The molecule has 0 bridgehead atoms. The van der Waals surface area contributed by atoms with E-state index in [0.29, 0.717) is 10.9 Å². The van der Waals surface area contributed by atoms with Crippen molar-refractivity contribution in [1.82, 2.24) is 4.98 Å². The summed E-state index contributed by atoms with van der Waals surface area (Å²) in [7, 11) is 1.41. The summed E-state index contributed by atoms with van der Waals surface area (Å²) < 4.78 is 23.4. The molecule has 2 rings (SSSR count). The maximum atomic E-state index is 13.5. The summed E-state index contributed by atoms with van der Waals surface area (Å²) in [6.45, 7) is 1.91. The highest BCUT2D eigenvalue weighted by atomic mass is 35.5. The predicted octanol–water partition coefficient (Wildman–Crippen LogP) is 3.21. The number of methoxy groups -OCH3 is 1. The van der Waals surface area contributed by atoms with Crippen LogP contribution in [0.4, 0.5) is 4.39 Å². The van der Waals surface area contributed by atoms with Gasteiger partial charge in [-0.05, 0) is 13.0 Å². The van der Waals surface area contributed by atoms with Gasteiger partial charge in [0.05, 0.1) is 24.3 Å². The first-order valence-electron chi connectivity index (χ1n) is 5.57. The molecule has 4 nitrogen and oxygen atoms in total. The molecule has 0 aliphatic rings. The topological polar surface area (TPSA) is 48.4 Å². The Morgan fingerprint density at radius 3 is 2.84 bits per heavy atom. The van der Waals surface area contributed by atoms with Gasteiger partial charge >= 0.3 is 5.97 Å². The fourth-order valence-electron chi connectivity index (χ4n) is 1.71. The number of hydrogen-bond donors (Lipinski definition) is 0. The number of fused-ring (bicyclic) bond motifs is 1. The summed E-state index contributed by atoms with van der Waals surface area (Å²) in [4.78, 5) is 15.8. The van der Waals surface area contributed by atoms with E-state index in [9.17, 15) is 9.18 Å². The van der Waals surface area contributed by atoms with Crippen LogP contribution in [0.1, 0.15) is 17.3 Å². The van der Waals surface area contributed by atoms with Crippen molar-refractivity contribution >= 4 is 28.5 Å². The number of halogens is 2. The summed E-state index contributed by atoms with van der Waals surface area (Å²) in [5.41, 5.74) is 0.491. The number of rotatable bonds is 3.